The molecule has 0 heterocycles. The van der Waals surface area contributed by atoms with Crippen LogP contribution in [0.1, 0.15) is 65.2 Å². The molecule has 0 saturated heterocycles. The maximum Gasteiger partial charge on any atom is 0.275 e. The zero-order valence-electron chi connectivity index (χ0n) is 11.6. The molecule has 1 nitrogen and oxygen atoms in total. The normalized spacial score (nSPS) is 24.3. The number of hydrogen-bond acceptors (Lipinski definition) is 1. The van der Waals surface area contributed by atoms with Gasteiger partial charge in [0.2, 0.25) is 0 Å². The van der Waals surface area contributed by atoms with Gasteiger partial charge in [0.05, 0.1) is 0 Å². The number of alkyl halides is 2. The topological polar surface area (TPSA) is 20.2 Å². The van der Waals surface area contributed by atoms with Crippen molar-refractivity contribution in [2.75, 3.05) is 0 Å². The van der Waals surface area contributed by atoms with Crippen LogP contribution >= 0.6 is 0 Å². The minimum atomic E-state index is -2.97. The van der Waals surface area contributed by atoms with Crippen LogP contribution in [0.3, 0.4) is 0 Å². The highest BCUT2D eigenvalue weighted by Gasteiger charge is 2.47. The van der Waals surface area contributed by atoms with Gasteiger partial charge in [-0.3, -0.25) is 0 Å². The summed E-state index contributed by atoms with van der Waals surface area (Å²) in [4.78, 5) is 0. The molecule has 0 radical (unpaired) electrons. The maximum absolute atomic E-state index is 13.9. The van der Waals surface area contributed by atoms with E-state index in [0.717, 1.165) is 25.7 Å². The number of aliphatic hydroxyl groups is 1. The van der Waals surface area contributed by atoms with Gasteiger partial charge in [-0.2, -0.15) is 0 Å². The van der Waals surface area contributed by atoms with Gasteiger partial charge in [0.15, 0.2) is 0 Å². The molecule has 0 spiro atoms. The Morgan fingerprint density at radius 1 is 1.39 bits per heavy atom. The summed E-state index contributed by atoms with van der Waals surface area (Å²) in [6.07, 6.45) is 4.83. The molecule has 106 valence electrons. The van der Waals surface area contributed by atoms with E-state index in [4.69, 9.17) is 0 Å². The first-order valence-corrected chi connectivity index (χ1v) is 7.05. The minimum absolute atomic E-state index is 0.182. The van der Waals surface area contributed by atoms with E-state index < -0.39 is 11.5 Å². The van der Waals surface area contributed by atoms with E-state index in [-0.39, 0.29) is 12.8 Å². The SMILES string of the molecule is C=C1CC[C@H](CCC(C)(O)C(F)(F)CCCC)C1. The van der Waals surface area contributed by atoms with Gasteiger partial charge in [-0.15, -0.1) is 0 Å². The monoisotopic (exact) mass is 260 g/mol. The van der Waals surface area contributed by atoms with Crippen molar-refractivity contribution in [3.8, 4) is 0 Å². The molecule has 1 aliphatic carbocycles. The quantitative estimate of drug-likeness (QED) is 0.658. The number of allylic oxidation sites excluding steroid dienone is 1. The molecular formula is C15H26F2O. The average molecular weight is 260 g/mol. The number of hydrogen-bond donors (Lipinski definition) is 1. The van der Waals surface area contributed by atoms with E-state index in [1.807, 2.05) is 6.92 Å². The highest BCUT2D eigenvalue weighted by molar-refractivity contribution is 5.02. The van der Waals surface area contributed by atoms with Crippen molar-refractivity contribution in [2.45, 2.75) is 76.7 Å². The fourth-order valence-corrected chi connectivity index (χ4v) is 2.60. The van der Waals surface area contributed by atoms with Crippen LogP contribution in [0.15, 0.2) is 12.2 Å². The number of rotatable bonds is 7. The van der Waals surface area contributed by atoms with Gasteiger partial charge in [-0.1, -0.05) is 25.5 Å². The van der Waals surface area contributed by atoms with Crippen molar-refractivity contribution in [1.82, 2.24) is 0 Å². The Labute approximate surface area is 109 Å². The summed E-state index contributed by atoms with van der Waals surface area (Å²) >= 11 is 0. The summed E-state index contributed by atoms with van der Waals surface area (Å²) in [5, 5.41) is 10.0. The van der Waals surface area contributed by atoms with Crippen molar-refractivity contribution in [2.24, 2.45) is 5.92 Å². The predicted molar refractivity (Wildman–Crippen MR) is 70.8 cm³/mol. The van der Waals surface area contributed by atoms with Crippen LogP contribution in [-0.4, -0.2) is 16.6 Å². The molecule has 18 heavy (non-hydrogen) atoms. The summed E-state index contributed by atoms with van der Waals surface area (Å²) in [7, 11) is 0. The number of halogens is 2. The second-order valence-electron chi connectivity index (χ2n) is 5.98. The summed E-state index contributed by atoms with van der Waals surface area (Å²) < 4.78 is 27.7. The highest BCUT2D eigenvalue weighted by atomic mass is 19.3. The van der Waals surface area contributed by atoms with Crippen molar-refractivity contribution in [3.05, 3.63) is 12.2 Å². The zero-order valence-corrected chi connectivity index (χ0v) is 11.6. The predicted octanol–water partition coefficient (Wildman–Crippen LogP) is 4.70. The first kappa shape index (κ1) is 15.6. The molecule has 1 unspecified atom stereocenters. The summed E-state index contributed by atoms with van der Waals surface area (Å²) in [6.45, 7) is 7.10. The van der Waals surface area contributed by atoms with E-state index in [1.54, 1.807) is 0 Å². The molecule has 1 aliphatic rings. The summed E-state index contributed by atoms with van der Waals surface area (Å²) in [5.74, 6) is -2.54. The summed E-state index contributed by atoms with van der Waals surface area (Å²) in [5.41, 5.74) is -0.649. The molecule has 0 aliphatic heterocycles. The fraction of sp³-hybridized carbons (Fsp3) is 0.867. The van der Waals surface area contributed by atoms with Crippen LogP contribution in [0.2, 0.25) is 0 Å². The van der Waals surface area contributed by atoms with E-state index in [0.29, 0.717) is 18.8 Å². The molecule has 0 aromatic heterocycles. The third-order valence-corrected chi connectivity index (χ3v) is 4.16. The third-order valence-electron chi connectivity index (χ3n) is 4.16. The van der Waals surface area contributed by atoms with E-state index in [1.165, 1.54) is 12.5 Å². The van der Waals surface area contributed by atoms with Crippen LogP contribution in [0.5, 0.6) is 0 Å². The molecule has 1 fully saturated rings. The van der Waals surface area contributed by atoms with Gasteiger partial charge < -0.3 is 5.11 Å². The van der Waals surface area contributed by atoms with Gasteiger partial charge in [0.1, 0.15) is 5.60 Å². The fourth-order valence-electron chi connectivity index (χ4n) is 2.60. The van der Waals surface area contributed by atoms with E-state index in [9.17, 15) is 13.9 Å². The molecule has 0 bridgehead atoms. The van der Waals surface area contributed by atoms with Gasteiger partial charge >= 0.3 is 0 Å². The van der Waals surface area contributed by atoms with Crippen LogP contribution in [0.4, 0.5) is 8.78 Å². The molecule has 0 aromatic carbocycles. The second kappa shape index (κ2) is 6.14. The van der Waals surface area contributed by atoms with Crippen molar-refractivity contribution in [3.63, 3.8) is 0 Å². The average Bonchev–Trinajstić information content (AvgIpc) is 2.70. The van der Waals surface area contributed by atoms with E-state index >= 15 is 0 Å². The molecule has 1 saturated carbocycles. The first-order chi connectivity index (χ1) is 8.28. The Hall–Kier alpha value is -0.440. The molecule has 1 N–H and O–H groups in total. The zero-order chi connectivity index (χ0) is 13.8. The molecule has 3 heteroatoms. The van der Waals surface area contributed by atoms with Crippen molar-refractivity contribution in [1.29, 1.82) is 0 Å². The lowest BCUT2D eigenvalue weighted by atomic mass is 9.86. The molecule has 1 rings (SSSR count). The third kappa shape index (κ3) is 4.04. The van der Waals surface area contributed by atoms with Gasteiger partial charge in [-0.05, 0) is 51.4 Å². The minimum Gasteiger partial charge on any atom is -0.384 e. The maximum atomic E-state index is 13.9. The molecule has 0 amide bonds. The lowest BCUT2D eigenvalue weighted by molar-refractivity contribution is -0.180. The lowest BCUT2D eigenvalue weighted by Gasteiger charge is -2.33. The largest absolute Gasteiger partial charge is 0.384 e. The standard InChI is InChI=1S/C15H26F2O/c1-4-5-9-15(16,17)14(3,18)10-8-13-7-6-12(2)11-13/h13,18H,2,4-11H2,1,3H3/t13-,14?/m1/s1. The Kier molecular flexibility index (Phi) is 5.32. The molecular weight excluding hydrogens is 234 g/mol. The van der Waals surface area contributed by atoms with Crippen LogP contribution < -0.4 is 0 Å². The smallest absolute Gasteiger partial charge is 0.275 e. The Morgan fingerprint density at radius 2 is 2.06 bits per heavy atom. The van der Waals surface area contributed by atoms with Crippen LogP contribution in [0.25, 0.3) is 0 Å². The van der Waals surface area contributed by atoms with Gasteiger partial charge in [-0.25, -0.2) is 8.78 Å². The second-order valence-corrected chi connectivity index (χ2v) is 5.98. The van der Waals surface area contributed by atoms with Crippen LogP contribution in [0, 0.1) is 5.92 Å². The Morgan fingerprint density at radius 3 is 2.56 bits per heavy atom. The Balaban J connectivity index is 2.44. The van der Waals surface area contributed by atoms with Crippen LogP contribution in [-0.2, 0) is 0 Å². The van der Waals surface area contributed by atoms with Crippen molar-refractivity contribution >= 4 is 0 Å². The lowest BCUT2D eigenvalue weighted by Crippen LogP contribution is -2.45. The Bertz CT molecular complexity index is 284. The van der Waals surface area contributed by atoms with Gasteiger partial charge in [0.25, 0.3) is 5.92 Å². The van der Waals surface area contributed by atoms with Gasteiger partial charge in [0, 0.05) is 6.42 Å². The molecule has 2 atom stereocenters. The number of unbranched alkanes of at least 4 members (excludes halogenated alkanes) is 1. The van der Waals surface area contributed by atoms with Crippen molar-refractivity contribution < 1.29 is 13.9 Å². The molecule has 0 aromatic rings. The first-order valence-electron chi connectivity index (χ1n) is 7.05. The highest BCUT2D eigenvalue weighted by Crippen LogP contribution is 2.40. The van der Waals surface area contributed by atoms with E-state index in [2.05, 4.69) is 6.58 Å². The summed E-state index contributed by atoms with van der Waals surface area (Å²) in [6, 6.07) is 0.